The van der Waals surface area contributed by atoms with Crippen LogP contribution in [-0.4, -0.2) is 61.1 Å². The van der Waals surface area contributed by atoms with Gasteiger partial charge in [-0.3, -0.25) is 0 Å². The highest BCUT2D eigenvalue weighted by Crippen LogP contribution is 2.21. The van der Waals surface area contributed by atoms with Gasteiger partial charge in [-0.25, -0.2) is 9.59 Å². The van der Waals surface area contributed by atoms with E-state index in [2.05, 4.69) is 38.3 Å². The van der Waals surface area contributed by atoms with Crippen molar-refractivity contribution in [3.63, 3.8) is 0 Å². The summed E-state index contributed by atoms with van der Waals surface area (Å²) < 4.78 is 0. The van der Waals surface area contributed by atoms with Crippen LogP contribution in [0.1, 0.15) is 66.2 Å². The van der Waals surface area contributed by atoms with E-state index in [0.717, 1.165) is 65.0 Å². The standard InChI is InChI=1S/C22H42N4O2/c1-17-11-18(2)14-25(13-17)21(27)23-9-7-5-6-8-10-24-22(28)26-15-19(3)12-20(4)16-26/h17-20H,5-16H2,1-4H3,(H,23,27)(H,24,28)/t17-,18+,19-,20+. The van der Waals surface area contributed by atoms with Crippen LogP contribution in [0, 0.1) is 23.7 Å². The van der Waals surface area contributed by atoms with Crippen LogP contribution in [0.2, 0.25) is 0 Å². The number of hydrogen-bond donors (Lipinski definition) is 2. The van der Waals surface area contributed by atoms with E-state index in [0.29, 0.717) is 23.7 Å². The Balaban J connectivity index is 1.47. The van der Waals surface area contributed by atoms with Crippen molar-refractivity contribution in [2.75, 3.05) is 39.3 Å². The van der Waals surface area contributed by atoms with Crippen molar-refractivity contribution in [2.45, 2.75) is 66.2 Å². The van der Waals surface area contributed by atoms with Crippen molar-refractivity contribution in [3.05, 3.63) is 0 Å². The van der Waals surface area contributed by atoms with Crippen molar-refractivity contribution in [1.82, 2.24) is 20.4 Å². The van der Waals surface area contributed by atoms with Gasteiger partial charge in [-0.1, -0.05) is 40.5 Å². The molecule has 0 saturated carbocycles. The lowest BCUT2D eigenvalue weighted by Crippen LogP contribution is -2.47. The zero-order valence-corrected chi connectivity index (χ0v) is 18.5. The van der Waals surface area contributed by atoms with Gasteiger partial charge < -0.3 is 20.4 Å². The second kappa shape index (κ2) is 11.5. The van der Waals surface area contributed by atoms with Gasteiger partial charge >= 0.3 is 12.1 Å². The van der Waals surface area contributed by atoms with E-state index in [1.54, 1.807) is 0 Å². The van der Waals surface area contributed by atoms with Crippen LogP contribution in [0.25, 0.3) is 0 Å². The van der Waals surface area contributed by atoms with Gasteiger partial charge in [-0.2, -0.15) is 0 Å². The molecule has 0 spiro atoms. The highest BCUT2D eigenvalue weighted by molar-refractivity contribution is 5.74. The predicted molar refractivity (Wildman–Crippen MR) is 114 cm³/mol. The molecular weight excluding hydrogens is 352 g/mol. The minimum absolute atomic E-state index is 0.0932. The van der Waals surface area contributed by atoms with Crippen LogP contribution < -0.4 is 10.6 Å². The number of amides is 4. The Bertz CT molecular complexity index is 435. The third-order valence-corrected chi connectivity index (χ3v) is 5.97. The molecule has 2 saturated heterocycles. The first kappa shape index (κ1) is 22.8. The van der Waals surface area contributed by atoms with E-state index in [9.17, 15) is 9.59 Å². The lowest BCUT2D eigenvalue weighted by molar-refractivity contribution is 0.145. The maximum absolute atomic E-state index is 12.3. The molecule has 6 heteroatoms. The quantitative estimate of drug-likeness (QED) is 0.643. The minimum atomic E-state index is 0.0932. The molecule has 2 rings (SSSR count). The molecule has 162 valence electrons. The minimum Gasteiger partial charge on any atom is -0.338 e. The normalized spacial score (nSPS) is 28.1. The van der Waals surface area contributed by atoms with Crippen LogP contribution >= 0.6 is 0 Å². The first-order chi connectivity index (χ1) is 13.3. The zero-order valence-electron chi connectivity index (χ0n) is 18.5. The Kier molecular flexibility index (Phi) is 9.39. The molecule has 0 aliphatic carbocycles. The van der Waals surface area contributed by atoms with Gasteiger partial charge in [0.05, 0.1) is 0 Å². The number of piperidine rings is 2. The van der Waals surface area contributed by atoms with Gasteiger partial charge in [0.25, 0.3) is 0 Å². The molecule has 0 aromatic rings. The molecule has 0 aromatic heterocycles. The maximum atomic E-state index is 12.3. The third kappa shape index (κ3) is 7.88. The van der Waals surface area contributed by atoms with Crippen molar-refractivity contribution in [2.24, 2.45) is 23.7 Å². The number of carbonyl (C=O) groups excluding carboxylic acids is 2. The van der Waals surface area contributed by atoms with E-state index in [4.69, 9.17) is 0 Å². The number of likely N-dealkylation sites (tertiary alicyclic amines) is 2. The topological polar surface area (TPSA) is 64.7 Å². The van der Waals surface area contributed by atoms with Crippen molar-refractivity contribution >= 4 is 12.1 Å². The third-order valence-electron chi connectivity index (χ3n) is 5.97. The van der Waals surface area contributed by atoms with E-state index in [-0.39, 0.29) is 12.1 Å². The average molecular weight is 395 g/mol. The molecule has 28 heavy (non-hydrogen) atoms. The van der Waals surface area contributed by atoms with E-state index >= 15 is 0 Å². The Morgan fingerprint density at radius 2 is 0.964 bits per heavy atom. The fraction of sp³-hybridized carbons (Fsp3) is 0.909. The summed E-state index contributed by atoms with van der Waals surface area (Å²) in [6.07, 6.45) is 6.60. The number of urea groups is 2. The van der Waals surface area contributed by atoms with Gasteiger partial charge in [-0.15, -0.1) is 0 Å². The number of nitrogens with one attached hydrogen (secondary N) is 2. The van der Waals surface area contributed by atoms with E-state index in [1.807, 2.05) is 9.80 Å². The fourth-order valence-electron chi connectivity index (χ4n) is 4.88. The van der Waals surface area contributed by atoms with Gasteiger partial charge in [0, 0.05) is 39.3 Å². The van der Waals surface area contributed by atoms with Gasteiger partial charge in [0.2, 0.25) is 0 Å². The summed E-state index contributed by atoms with van der Waals surface area (Å²) in [7, 11) is 0. The summed E-state index contributed by atoms with van der Waals surface area (Å²) in [5, 5.41) is 6.13. The Morgan fingerprint density at radius 1 is 0.643 bits per heavy atom. The smallest absolute Gasteiger partial charge is 0.317 e. The van der Waals surface area contributed by atoms with Crippen LogP contribution in [0.4, 0.5) is 9.59 Å². The summed E-state index contributed by atoms with van der Waals surface area (Å²) in [6.45, 7) is 13.9. The van der Waals surface area contributed by atoms with Gasteiger partial charge in [-0.05, 0) is 49.4 Å². The van der Waals surface area contributed by atoms with Gasteiger partial charge in [0.1, 0.15) is 0 Å². The summed E-state index contributed by atoms with van der Waals surface area (Å²) in [4.78, 5) is 28.5. The lowest BCUT2D eigenvalue weighted by Gasteiger charge is -2.35. The molecule has 4 atom stereocenters. The SMILES string of the molecule is C[C@@H]1C[C@H](C)CN(C(=O)NCCCCCCNC(=O)N2C[C@H](C)C[C@H](C)C2)C1. The molecule has 0 aromatic carbocycles. The second-order valence-electron chi connectivity index (χ2n) is 9.58. The van der Waals surface area contributed by atoms with Crippen molar-refractivity contribution < 1.29 is 9.59 Å². The Hall–Kier alpha value is -1.46. The molecular formula is C22H42N4O2. The van der Waals surface area contributed by atoms with Crippen LogP contribution in [0.5, 0.6) is 0 Å². The monoisotopic (exact) mass is 394 g/mol. The molecule has 0 radical (unpaired) electrons. The van der Waals surface area contributed by atoms with E-state index < -0.39 is 0 Å². The van der Waals surface area contributed by atoms with Crippen molar-refractivity contribution in [3.8, 4) is 0 Å². The van der Waals surface area contributed by atoms with Crippen LogP contribution in [-0.2, 0) is 0 Å². The molecule has 0 unspecified atom stereocenters. The predicted octanol–water partition coefficient (Wildman–Crippen LogP) is 3.92. The highest BCUT2D eigenvalue weighted by atomic mass is 16.2. The molecule has 4 amide bonds. The number of hydrogen-bond acceptors (Lipinski definition) is 2. The zero-order chi connectivity index (χ0) is 20.5. The fourth-order valence-corrected chi connectivity index (χ4v) is 4.88. The van der Waals surface area contributed by atoms with Crippen LogP contribution in [0.15, 0.2) is 0 Å². The number of nitrogens with zero attached hydrogens (tertiary/aromatic N) is 2. The summed E-state index contributed by atoms with van der Waals surface area (Å²) in [5.41, 5.74) is 0. The molecule has 2 aliphatic rings. The molecule has 0 bridgehead atoms. The number of carbonyl (C=O) groups is 2. The molecule has 2 aliphatic heterocycles. The van der Waals surface area contributed by atoms with Gasteiger partial charge in [0.15, 0.2) is 0 Å². The first-order valence-corrected chi connectivity index (χ1v) is 11.4. The summed E-state index contributed by atoms with van der Waals surface area (Å²) in [5.74, 6) is 2.39. The summed E-state index contributed by atoms with van der Waals surface area (Å²) >= 11 is 0. The number of unbranched alkanes of at least 4 members (excludes halogenated alkanes) is 3. The first-order valence-electron chi connectivity index (χ1n) is 11.4. The van der Waals surface area contributed by atoms with Crippen LogP contribution in [0.3, 0.4) is 0 Å². The average Bonchev–Trinajstić information content (AvgIpc) is 2.61. The lowest BCUT2D eigenvalue weighted by atomic mass is 9.92. The summed E-state index contributed by atoms with van der Waals surface area (Å²) in [6, 6.07) is 0.186. The van der Waals surface area contributed by atoms with Crippen molar-refractivity contribution in [1.29, 1.82) is 0 Å². The maximum Gasteiger partial charge on any atom is 0.317 e. The second-order valence-corrected chi connectivity index (χ2v) is 9.58. The highest BCUT2D eigenvalue weighted by Gasteiger charge is 2.26. The Morgan fingerprint density at radius 3 is 1.29 bits per heavy atom. The molecule has 2 fully saturated rings. The van der Waals surface area contributed by atoms with E-state index in [1.165, 1.54) is 12.8 Å². The largest absolute Gasteiger partial charge is 0.338 e. The molecule has 2 heterocycles. The Labute approximate surface area is 171 Å². The molecule has 6 nitrogen and oxygen atoms in total. The number of rotatable bonds is 7. The molecule has 2 N–H and O–H groups in total.